The van der Waals surface area contributed by atoms with Crippen LogP contribution in [0.2, 0.25) is 0 Å². The normalized spacial score (nSPS) is 9.89. The predicted molar refractivity (Wildman–Crippen MR) is 27.7 cm³/mol. The Morgan fingerprint density at radius 1 is 1.67 bits per heavy atom. The van der Waals surface area contributed by atoms with Gasteiger partial charge in [-0.2, -0.15) is 8.42 Å². The molecule has 0 atom stereocenters. The maximum absolute atomic E-state index is 9.68. The van der Waals surface area contributed by atoms with Gasteiger partial charge < -0.3 is 0 Å². The summed E-state index contributed by atoms with van der Waals surface area (Å²) in [5, 5.41) is 0. The van der Waals surface area contributed by atoms with E-state index in [-0.39, 0.29) is 27.7 Å². The van der Waals surface area contributed by atoms with Crippen LogP contribution in [0.25, 0.3) is 0 Å². The molecule has 0 rings (SSSR count). The maximum Gasteiger partial charge on any atom is 0.397 e. The van der Waals surface area contributed by atoms with Crippen LogP contribution < -0.4 is 0 Å². The molecule has 54 valence electrons. The zero-order valence-corrected chi connectivity index (χ0v) is 7.30. The molecule has 0 aromatic rings. The fourth-order valence-electron chi connectivity index (χ4n) is 0.134. The van der Waals surface area contributed by atoms with E-state index in [9.17, 15) is 8.42 Å². The third kappa shape index (κ3) is 11.7. The molecule has 0 spiro atoms. The standard InChI is InChI=1S/C3H6O4S.Mo/c1-2-3-7-8(4,5)6;/h2H,1,3H2,(H,4,5,6);. The maximum atomic E-state index is 9.68. The van der Waals surface area contributed by atoms with E-state index in [0.29, 0.717) is 0 Å². The molecule has 0 bridgehead atoms. The Bertz CT molecular complexity index is 161. The summed E-state index contributed by atoms with van der Waals surface area (Å²) in [6, 6.07) is 0. The first-order valence-corrected chi connectivity index (χ1v) is 3.15. The second-order valence-electron chi connectivity index (χ2n) is 1.00. The zero-order valence-electron chi connectivity index (χ0n) is 4.48. The molecule has 9 heavy (non-hydrogen) atoms. The van der Waals surface area contributed by atoms with E-state index in [2.05, 4.69) is 10.8 Å². The van der Waals surface area contributed by atoms with Crippen molar-refractivity contribution in [2.75, 3.05) is 6.61 Å². The Balaban J connectivity index is 0. The average Bonchev–Trinajstić information content (AvgIpc) is 1.59. The van der Waals surface area contributed by atoms with Gasteiger partial charge in [0.1, 0.15) is 0 Å². The molecular formula is C3H6MoO4S. The molecule has 0 radical (unpaired) electrons. The molecule has 0 saturated heterocycles. The Morgan fingerprint density at radius 3 is 2.22 bits per heavy atom. The van der Waals surface area contributed by atoms with Gasteiger partial charge in [-0.05, 0) is 0 Å². The number of hydrogen-bond acceptors (Lipinski definition) is 3. The van der Waals surface area contributed by atoms with Crippen molar-refractivity contribution in [3.05, 3.63) is 12.7 Å². The average molecular weight is 234 g/mol. The van der Waals surface area contributed by atoms with Crippen LogP contribution in [0.3, 0.4) is 0 Å². The minimum absolute atomic E-state index is 0. The molecule has 0 aromatic heterocycles. The quantitative estimate of drug-likeness (QED) is 0.423. The minimum Gasteiger partial charge on any atom is -0.264 e. The molecule has 6 heteroatoms. The van der Waals surface area contributed by atoms with Crippen LogP contribution in [0.5, 0.6) is 0 Å². The number of hydrogen-bond donors (Lipinski definition) is 1. The first-order chi connectivity index (χ1) is 3.56. The Morgan fingerprint density at radius 2 is 2.11 bits per heavy atom. The van der Waals surface area contributed by atoms with Gasteiger partial charge in [-0.25, -0.2) is 4.18 Å². The molecule has 4 nitrogen and oxygen atoms in total. The van der Waals surface area contributed by atoms with Gasteiger partial charge in [0.2, 0.25) is 0 Å². The van der Waals surface area contributed by atoms with Crippen molar-refractivity contribution in [3.8, 4) is 0 Å². The van der Waals surface area contributed by atoms with Gasteiger partial charge in [0, 0.05) is 21.1 Å². The summed E-state index contributed by atoms with van der Waals surface area (Å²) >= 11 is 0. The Labute approximate surface area is 68.1 Å². The van der Waals surface area contributed by atoms with Gasteiger partial charge in [0.25, 0.3) is 0 Å². The first-order valence-electron chi connectivity index (χ1n) is 1.79. The first kappa shape index (κ1) is 12.0. The van der Waals surface area contributed by atoms with Gasteiger partial charge in [-0.15, -0.1) is 6.58 Å². The van der Waals surface area contributed by atoms with Gasteiger partial charge in [0.15, 0.2) is 0 Å². The second-order valence-corrected chi connectivity index (χ2v) is 2.09. The van der Waals surface area contributed by atoms with E-state index < -0.39 is 10.4 Å². The van der Waals surface area contributed by atoms with Crippen molar-refractivity contribution >= 4 is 10.4 Å². The van der Waals surface area contributed by atoms with E-state index in [4.69, 9.17) is 4.55 Å². The summed E-state index contributed by atoms with van der Waals surface area (Å²) in [5.74, 6) is 0. The summed E-state index contributed by atoms with van der Waals surface area (Å²) < 4.78 is 31.0. The number of rotatable bonds is 3. The largest absolute Gasteiger partial charge is 0.397 e. The van der Waals surface area contributed by atoms with Crippen LogP contribution in [-0.2, 0) is 35.6 Å². The summed E-state index contributed by atoms with van der Waals surface area (Å²) in [6.07, 6.45) is 1.22. The van der Waals surface area contributed by atoms with E-state index in [1.165, 1.54) is 6.08 Å². The molecule has 1 N–H and O–H groups in total. The van der Waals surface area contributed by atoms with Crippen molar-refractivity contribution in [1.82, 2.24) is 0 Å². The molecule has 0 saturated carbocycles. The summed E-state index contributed by atoms with van der Waals surface area (Å²) in [7, 11) is -4.26. The molecule has 0 aromatic carbocycles. The molecule has 0 unspecified atom stereocenters. The van der Waals surface area contributed by atoms with Gasteiger partial charge in [-0.3, -0.25) is 4.55 Å². The fourth-order valence-corrected chi connectivity index (χ4v) is 0.402. The monoisotopic (exact) mass is 236 g/mol. The molecule has 0 fully saturated rings. The third-order valence-corrected chi connectivity index (χ3v) is 0.769. The molecule has 0 aliphatic rings. The molecular weight excluding hydrogens is 228 g/mol. The van der Waals surface area contributed by atoms with Crippen molar-refractivity contribution in [3.63, 3.8) is 0 Å². The van der Waals surface area contributed by atoms with E-state index in [0.717, 1.165) is 0 Å². The third-order valence-electron chi connectivity index (χ3n) is 0.335. The zero-order chi connectivity index (χ0) is 6.62. The van der Waals surface area contributed by atoms with Crippen LogP contribution in [-0.4, -0.2) is 19.6 Å². The van der Waals surface area contributed by atoms with Crippen LogP contribution in [0.15, 0.2) is 12.7 Å². The van der Waals surface area contributed by atoms with Crippen LogP contribution in [0.1, 0.15) is 0 Å². The van der Waals surface area contributed by atoms with E-state index in [1.54, 1.807) is 0 Å². The molecule has 0 amide bonds. The second kappa shape index (κ2) is 5.11. The topological polar surface area (TPSA) is 63.6 Å². The van der Waals surface area contributed by atoms with Crippen LogP contribution in [0, 0.1) is 0 Å². The molecule has 0 aliphatic carbocycles. The summed E-state index contributed by atoms with van der Waals surface area (Å²) in [5.41, 5.74) is 0. The summed E-state index contributed by atoms with van der Waals surface area (Å²) in [4.78, 5) is 0. The molecule has 0 heterocycles. The van der Waals surface area contributed by atoms with Crippen LogP contribution >= 0.6 is 0 Å². The summed E-state index contributed by atoms with van der Waals surface area (Å²) in [6.45, 7) is 2.97. The van der Waals surface area contributed by atoms with Crippen molar-refractivity contribution in [2.45, 2.75) is 0 Å². The Kier molecular flexibility index (Phi) is 6.83. The van der Waals surface area contributed by atoms with E-state index >= 15 is 0 Å². The smallest absolute Gasteiger partial charge is 0.264 e. The fraction of sp³-hybridized carbons (Fsp3) is 0.333. The van der Waals surface area contributed by atoms with Crippen LogP contribution in [0.4, 0.5) is 0 Å². The Hall–Kier alpha value is 0.298. The van der Waals surface area contributed by atoms with Crippen molar-refractivity contribution in [2.24, 2.45) is 0 Å². The van der Waals surface area contributed by atoms with Gasteiger partial charge in [0.05, 0.1) is 6.61 Å². The molecule has 0 aliphatic heterocycles. The predicted octanol–water partition coefficient (Wildman–Crippen LogP) is -0.0107. The van der Waals surface area contributed by atoms with Crippen molar-refractivity contribution < 1.29 is 38.2 Å². The van der Waals surface area contributed by atoms with Crippen molar-refractivity contribution in [1.29, 1.82) is 0 Å². The SMILES string of the molecule is C=CCOS(=O)(=O)O.[Mo]. The van der Waals surface area contributed by atoms with E-state index in [1.807, 2.05) is 0 Å². The van der Waals surface area contributed by atoms with Gasteiger partial charge >= 0.3 is 10.4 Å². The van der Waals surface area contributed by atoms with Gasteiger partial charge in [-0.1, -0.05) is 6.08 Å². The minimum atomic E-state index is -4.26.